The number of hydrogen-bond donors (Lipinski definition) is 1. The highest BCUT2D eigenvalue weighted by molar-refractivity contribution is 6.31. The Kier molecular flexibility index (Phi) is 4.39. The summed E-state index contributed by atoms with van der Waals surface area (Å²) in [5.74, 6) is 0.277. The third-order valence-electron chi connectivity index (χ3n) is 3.69. The molecule has 2 aromatic rings. The van der Waals surface area contributed by atoms with Crippen molar-refractivity contribution in [1.29, 1.82) is 0 Å². The van der Waals surface area contributed by atoms with E-state index < -0.39 is 0 Å². The highest BCUT2D eigenvalue weighted by atomic mass is 35.5. The minimum atomic E-state index is -0.349. The van der Waals surface area contributed by atoms with Gasteiger partial charge < -0.3 is 10.1 Å². The van der Waals surface area contributed by atoms with Gasteiger partial charge in [-0.1, -0.05) is 18.5 Å². The van der Waals surface area contributed by atoms with E-state index in [1.165, 1.54) is 24.3 Å². The highest BCUT2D eigenvalue weighted by Crippen LogP contribution is 2.36. The van der Waals surface area contributed by atoms with E-state index in [1.807, 2.05) is 6.92 Å². The van der Waals surface area contributed by atoms with Crippen molar-refractivity contribution in [3.8, 4) is 5.75 Å². The Labute approximate surface area is 138 Å². The van der Waals surface area contributed by atoms with Gasteiger partial charge in [0, 0.05) is 10.7 Å². The number of hydrogen-bond acceptors (Lipinski definition) is 2. The molecule has 0 saturated carbocycles. The van der Waals surface area contributed by atoms with Gasteiger partial charge in [-0.15, -0.1) is 0 Å². The number of carbonyl (C=O) groups is 1. The van der Waals surface area contributed by atoms with Gasteiger partial charge in [-0.2, -0.15) is 0 Å². The van der Waals surface area contributed by atoms with Gasteiger partial charge in [0.1, 0.15) is 17.7 Å². The van der Waals surface area contributed by atoms with E-state index in [0.717, 1.165) is 6.42 Å². The molecule has 2 aromatic carbocycles. The maximum atomic E-state index is 13.0. The Balaban J connectivity index is 1.87. The van der Waals surface area contributed by atoms with Crippen LogP contribution >= 0.6 is 11.6 Å². The number of carbonyl (C=O) groups excluding carboxylic acids is 1. The van der Waals surface area contributed by atoms with Crippen LogP contribution in [0.2, 0.25) is 5.02 Å². The summed E-state index contributed by atoms with van der Waals surface area (Å²) >= 11 is 6.04. The molecule has 6 heteroatoms. The molecule has 0 spiro atoms. The van der Waals surface area contributed by atoms with Crippen molar-refractivity contribution in [3.05, 3.63) is 53.3 Å². The predicted molar refractivity (Wildman–Crippen MR) is 88.9 cm³/mol. The minimum absolute atomic E-state index is 0.0809. The molecule has 23 heavy (non-hydrogen) atoms. The van der Waals surface area contributed by atoms with Gasteiger partial charge in [0.15, 0.2) is 0 Å². The highest BCUT2D eigenvalue weighted by Gasteiger charge is 2.29. The number of benzene rings is 2. The number of fused-ring (bicyclic) bond motifs is 1. The quantitative estimate of drug-likeness (QED) is 0.865. The van der Waals surface area contributed by atoms with Gasteiger partial charge >= 0.3 is 6.03 Å². The molecule has 1 N–H and O–H groups in total. The second-order valence-electron chi connectivity index (χ2n) is 5.31. The van der Waals surface area contributed by atoms with E-state index in [1.54, 1.807) is 23.1 Å². The summed E-state index contributed by atoms with van der Waals surface area (Å²) < 4.78 is 18.8. The second-order valence-corrected chi connectivity index (χ2v) is 5.74. The summed E-state index contributed by atoms with van der Waals surface area (Å²) in [6.07, 6.45) is 0.699. The zero-order valence-electron chi connectivity index (χ0n) is 12.6. The van der Waals surface area contributed by atoms with Crippen LogP contribution < -0.4 is 15.0 Å². The second kappa shape index (κ2) is 6.46. The topological polar surface area (TPSA) is 41.6 Å². The Morgan fingerprint density at radius 2 is 2.09 bits per heavy atom. The molecule has 0 saturated heterocycles. The number of nitrogens with one attached hydrogen (secondary N) is 1. The monoisotopic (exact) mass is 334 g/mol. The maximum Gasteiger partial charge on any atom is 0.326 e. The summed E-state index contributed by atoms with van der Waals surface area (Å²) in [6.45, 7) is 2.43. The molecule has 0 bridgehead atoms. The third-order valence-corrected chi connectivity index (χ3v) is 3.92. The van der Waals surface area contributed by atoms with Gasteiger partial charge in [-0.25, -0.2) is 9.18 Å². The van der Waals surface area contributed by atoms with Crippen LogP contribution in [0, 0.1) is 5.82 Å². The van der Waals surface area contributed by atoms with Gasteiger partial charge in [-0.3, -0.25) is 4.90 Å². The van der Waals surface area contributed by atoms with Crippen LogP contribution in [0.5, 0.6) is 5.75 Å². The molecule has 2 amide bonds. The molecule has 0 aliphatic carbocycles. The van der Waals surface area contributed by atoms with Crippen molar-refractivity contribution in [3.63, 3.8) is 0 Å². The molecule has 1 aliphatic heterocycles. The fourth-order valence-corrected chi connectivity index (χ4v) is 2.62. The first-order valence-electron chi connectivity index (χ1n) is 7.37. The van der Waals surface area contributed by atoms with E-state index in [9.17, 15) is 9.18 Å². The van der Waals surface area contributed by atoms with E-state index in [0.29, 0.717) is 28.7 Å². The van der Waals surface area contributed by atoms with Crippen LogP contribution in [-0.4, -0.2) is 18.7 Å². The summed E-state index contributed by atoms with van der Waals surface area (Å²) in [6, 6.07) is 10.5. The SMILES string of the molecule is CC[C@@H]1CN(C(=O)Nc2ccc(F)cc2)c2cc(Cl)ccc2O1. The van der Waals surface area contributed by atoms with Crippen LogP contribution in [0.4, 0.5) is 20.6 Å². The first-order valence-corrected chi connectivity index (χ1v) is 7.75. The molecule has 120 valence electrons. The lowest BCUT2D eigenvalue weighted by Gasteiger charge is -2.34. The lowest BCUT2D eigenvalue weighted by Crippen LogP contribution is -2.45. The Bertz CT molecular complexity index is 721. The number of anilines is 2. The van der Waals surface area contributed by atoms with E-state index in [2.05, 4.69) is 5.32 Å². The number of halogens is 2. The molecule has 0 aromatic heterocycles. The molecule has 1 aliphatic rings. The molecular formula is C17H16ClFN2O2. The summed E-state index contributed by atoms with van der Waals surface area (Å²) in [5, 5.41) is 3.30. The first-order chi connectivity index (χ1) is 11.1. The van der Waals surface area contributed by atoms with E-state index >= 15 is 0 Å². The van der Waals surface area contributed by atoms with Gasteiger partial charge in [-0.05, 0) is 48.9 Å². The van der Waals surface area contributed by atoms with Gasteiger partial charge in [0.05, 0.1) is 12.2 Å². The smallest absolute Gasteiger partial charge is 0.326 e. The Hall–Kier alpha value is -2.27. The van der Waals surface area contributed by atoms with Gasteiger partial charge in [0.2, 0.25) is 0 Å². The largest absolute Gasteiger partial charge is 0.486 e. The molecule has 0 fully saturated rings. The van der Waals surface area contributed by atoms with Crippen LogP contribution in [0.25, 0.3) is 0 Å². The van der Waals surface area contributed by atoms with Crippen molar-refractivity contribution < 1.29 is 13.9 Å². The molecule has 3 rings (SSSR count). The molecule has 4 nitrogen and oxygen atoms in total. The number of urea groups is 1. The minimum Gasteiger partial charge on any atom is -0.486 e. The fourth-order valence-electron chi connectivity index (χ4n) is 2.45. The van der Waals surface area contributed by atoms with E-state index in [4.69, 9.17) is 16.3 Å². The van der Waals surface area contributed by atoms with Crippen molar-refractivity contribution in [2.24, 2.45) is 0 Å². The molecule has 1 atom stereocenters. The maximum absolute atomic E-state index is 13.0. The average Bonchev–Trinajstić information content (AvgIpc) is 2.56. The van der Waals surface area contributed by atoms with Crippen molar-refractivity contribution in [2.75, 3.05) is 16.8 Å². The molecule has 1 heterocycles. The summed E-state index contributed by atoms with van der Waals surface area (Å²) in [5.41, 5.74) is 1.15. The first kappa shape index (κ1) is 15.6. The standard InChI is InChI=1S/C17H16ClFN2O2/c1-2-14-10-21(15-9-11(18)3-8-16(15)23-14)17(22)20-13-6-4-12(19)5-7-13/h3-9,14H,2,10H2,1H3,(H,20,22)/t14-/m1/s1. The molecule has 0 unspecified atom stereocenters. The Morgan fingerprint density at radius 1 is 1.35 bits per heavy atom. The van der Waals surface area contributed by atoms with Crippen molar-refractivity contribution >= 4 is 29.0 Å². The Morgan fingerprint density at radius 3 is 2.78 bits per heavy atom. The van der Waals surface area contributed by atoms with E-state index in [-0.39, 0.29) is 18.0 Å². The van der Waals surface area contributed by atoms with Gasteiger partial charge in [0.25, 0.3) is 0 Å². The van der Waals surface area contributed by atoms with Crippen LogP contribution in [0.1, 0.15) is 13.3 Å². The van der Waals surface area contributed by atoms with Crippen molar-refractivity contribution in [1.82, 2.24) is 0 Å². The lowest BCUT2D eigenvalue weighted by molar-refractivity contribution is 0.188. The molecular weight excluding hydrogens is 319 g/mol. The van der Waals surface area contributed by atoms with Crippen LogP contribution in [0.3, 0.4) is 0 Å². The normalized spacial score (nSPS) is 16.5. The van der Waals surface area contributed by atoms with Crippen LogP contribution in [-0.2, 0) is 0 Å². The zero-order valence-corrected chi connectivity index (χ0v) is 13.3. The zero-order chi connectivity index (χ0) is 16.4. The fraction of sp³-hybridized carbons (Fsp3) is 0.235. The number of ether oxygens (including phenoxy) is 1. The number of rotatable bonds is 2. The molecule has 0 radical (unpaired) electrons. The van der Waals surface area contributed by atoms with Crippen molar-refractivity contribution in [2.45, 2.75) is 19.4 Å². The summed E-state index contributed by atoms with van der Waals surface area (Å²) in [4.78, 5) is 14.2. The number of amides is 2. The lowest BCUT2D eigenvalue weighted by atomic mass is 10.1. The number of nitrogens with zero attached hydrogens (tertiary/aromatic N) is 1. The predicted octanol–water partition coefficient (Wildman–Crippen LogP) is 4.69. The third kappa shape index (κ3) is 3.40. The summed E-state index contributed by atoms with van der Waals surface area (Å²) in [7, 11) is 0. The van der Waals surface area contributed by atoms with Crippen LogP contribution in [0.15, 0.2) is 42.5 Å². The average molecular weight is 335 g/mol.